The molecule has 144 valence electrons. The van der Waals surface area contributed by atoms with Crippen molar-refractivity contribution >= 4 is 11.3 Å². The molecule has 0 radical (unpaired) electrons. The average Bonchev–Trinajstić information content (AvgIpc) is 2.76. The molecule has 3 aromatic carbocycles. The van der Waals surface area contributed by atoms with Crippen molar-refractivity contribution in [3.05, 3.63) is 107 Å². The van der Waals surface area contributed by atoms with Crippen LogP contribution in [0.2, 0.25) is 0 Å². The minimum atomic E-state index is 0.702. The third-order valence-corrected chi connectivity index (χ3v) is 4.91. The van der Waals surface area contributed by atoms with Crippen molar-refractivity contribution in [3.63, 3.8) is 0 Å². The lowest BCUT2D eigenvalue weighted by atomic mass is 9.88. The summed E-state index contributed by atoms with van der Waals surface area (Å²) in [7, 11) is 1.72. The first kappa shape index (κ1) is 19.9. The summed E-state index contributed by atoms with van der Waals surface area (Å²) in [4.78, 5) is 0. The molecule has 3 aromatic rings. The highest BCUT2D eigenvalue weighted by atomic mass is 16.5. The molecule has 0 bridgehead atoms. The summed E-state index contributed by atoms with van der Waals surface area (Å²) in [5.74, 6) is 0. The van der Waals surface area contributed by atoms with Crippen molar-refractivity contribution in [3.8, 4) is 0 Å². The van der Waals surface area contributed by atoms with Gasteiger partial charge in [0.05, 0.1) is 6.61 Å². The maximum absolute atomic E-state index is 5.12. The van der Waals surface area contributed by atoms with Gasteiger partial charge >= 0.3 is 0 Å². The summed E-state index contributed by atoms with van der Waals surface area (Å²) in [5.41, 5.74) is 7.81. The zero-order valence-electron chi connectivity index (χ0n) is 16.8. The number of anilines is 1. The fraction of sp³-hybridized carbons (Fsp3) is 0.231. The van der Waals surface area contributed by atoms with Gasteiger partial charge in [-0.2, -0.15) is 0 Å². The Morgan fingerprint density at radius 3 is 2.00 bits per heavy atom. The Labute approximate surface area is 168 Å². The van der Waals surface area contributed by atoms with E-state index in [0.29, 0.717) is 6.61 Å². The van der Waals surface area contributed by atoms with Crippen LogP contribution in [0.15, 0.2) is 90.5 Å². The van der Waals surface area contributed by atoms with E-state index in [2.05, 4.69) is 97.2 Å². The Balaban J connectivity index is 1.97. The summed E-state index contributed by atoms with van der Waals surface area (Å²) < 4.78 is 5.12. The number of rotatable bonds is 9. The molecule has 0 atom stereocenters. The molecule has 0 saturated heterocycles. The molecular formula is C26H29NO. The van der Waals surface area contributed by atoms with Crippen LogP contribution in [0, 0.1) is 0 Å². The molecule has 0 aromatic heterocycles. The minimum Gasteiger partial charge on any atom is -0.383 e. The molecule has 2 nitrogen and oxygen atoms in total. The Morgan fingerprint density at radius 2 is 1.39 bits per heavy atom. The van der Waals surface area contributed by atoms with Crippen LogP contribution in [0.4, 0.5) is 5.69 Å². The van der Waals surface area contributed by atoms with Crippen LogP contribution in [0.1, 0.15) is 30.0 Å². The number of hydrogen-bond acceptors (Lipinski definition) is 2. The molecular weight excluding hydrogens is 342 g/mol. The first-order chi connectivity index (χ1) is 13.8. The van der Waals surface area contributed by atoms with Gasteiger partial charge in [0.1, 0.15) is 0 Å². The second kappa shape index (κ2) is 10.5. The molecule has 0 fully saturated rings. The predicted molar refractivity (Wildman–Crippen MR) is 120 cm³/mol. The van der Waals surface area contributed by atoms with E-state index in [1.165, 1.54) is 27.8 Å². The normalized spacial score (nSPS) is 11.8. The van der Waals surface area contributed by atoms with E-state index in [4.69, 9.17) is 4.74 Å². The quantitative estimate of drug-likeness (QED) is 0.452. The van der Waals surface area contributed by atoms with Crippen molar-refractivity contribution in [2.75, 3.05) is 25.6 Å². The summed E-state index contributed by atoms with van der Waals surface area (Å²) >= 11 is 0. The van der Waals surface area contributed by atoms with Crippen LogP contribution in [0.5, 0.6) is 0 Å². The van der Waals surface area contributed by atoms with Gasteiger partial charge in [0.2, 0.25) is 0 Å². The van der Waals surface area contributed by atoms with Crippen molar-refractivity contribution < 1.29 is 4.74 Å². The van der Waals surface area contributed by atoms with Gasteiger partial charge in [-0.1, -0.05) is 85.3 Å². The Hall–Kier alpha value is -2.84. The molecule has 0 aliphatic heterocycles. The summed E-state index contributed by atoms with van der Waals surface area (Å²) in [6.45, 7) is 3.77. The molecule has 0 unspecified atom stereocenters. The highest BCUT2D eigenvalue weighted by Gasteiger charge is 2.12. The Morgan fingerprint density at radius 1 is 0.786 bits per heavy atom. The van der Waals surface area contributed by atoms with Crippen LogP contribution in [0.25, 0.3) is 5.57 Å². The number of allylic oxidation sites excluding steroid dienone is 1. The van der Waals surface area contributed by atoms with Gasteiger partial charge in [-0.15, -0.1) is 0 Å². The number of ether oxygens (including phenoxy) is 1. The smallest absolute Gasteiger partial charge is 0.0635 e. The first-order valence-electron chi connectivity index (χ1n) is 9.96. The van der Waals surface area contributed by atoms with Crippen molar-refractivity contribution in [1.29, 1.82) is 0 Å². The average molecular weight is 372 g/mol. The molecule has 0 spiro atoms. The Bertz CT molecular complexity index is 867. The third-order valence-electron chi connectivity index (χ3n) is 4.91. The van der Waals surface area contributed by atoms with Crippen LogP contribution in [-0.4, -0.2) is 20.3 Å². The third kappa shape index (κ3) is 5.34. The maximum Gasteiger partial charge on any atom is 0.0635 e. The van der Waals surface area contributed by atoms with Crippen molar-refractivity contribution in [2.45, 2.75) is 19.8 Å². The molecule has 0 aliphatic carbocycles. The Kier molecular flexibility index (Phi) is 7.45. The van der Waals surface area contributed by atoms with Crippen LogP contribution in [-0.2, 0) is 11.2 Å². The van der Waals surface area contributed by atoms with E-state index < -0.39 is 0 Å². The predicted octanol–water partition coefficient (Wildman–Crippen LogP) is 6.20. The van der Waals surface area contributed by atoms with Gasteiger partial charge in [-0.05, 0) is 47.2 Å². The monoisotopic (exact) mass is 371 g/mol. The molecule has 28 heavy (non-hydrogen) atoms. The maximum atomic E-state index is 5.12. The first-order valence-corrected chi connectivity index (χ1v) is 9.96. The lowest BCUT2D eigenvalue weighted by Crippen LogP contribution is -2.07. The molecule has 0 amide bonds. The van der Waals surface area contributed by atoms with Gasteiger partial charge in [-0.25, -0.2) is 0 Å². The number of nitrogens with one attached hydrogen (secondary N) is 1. The van der Waals surface area contributed by atoms with E-state index in [9.17, 15) is 0 Å². The number of hydrogen-bond donors (Lipinski definition) is 1. The van der Waals surface area contributed by atoms with E-state index >= 15 is 0 Å². The summed E-state index contributed by atoms with van der Waals surface area (Å²) in [6.07, 6.45) is 1.99. The van der Waals surface area contributed by atoms with Gasteiger partial charge in [0.25, 0.3) is 0 Å². The van der Waals surface area contributed by atoms with Crippen LogP contribution < -0.4 is 5.32 Å². The molecule has 0 saturated carbocycles. The van der Waals surface area contributed by atoms with E-state index in [1.54, 1.807) is 7.11 Å². The van der Waals surface area contributed by atoms with Gasteiger partial charge < -0.3 is 10.1 Å². The van der Waals surface area contributed by atoms with Gasteiger partial charge in [0.15, 0.2) is 0 Å². The standard InChI is InChI=1S/C26H29NO/c1-3-22(20-21-10-6-4-7-11-21)26(23-12-8-5-9-13-23)24-14-16-25(17-15-24)27-18-19-28-2/h4-17,27H,3,18-20H2,1-2H3. The largest absolute Gasteiger partial charge is 0.383 e. The molecule has 0 aliphatic rings. The van der Waals surface area contributed by atoms with Gasteiger partial charge in [0, 0.05) is 19.3 Å². The SMILES string of the molecule is CCC(Cc1ccccc1)=C(c1ccccc1)c1ccc(NCCOC)cc1. The fourth-order valence-corrected chi connectivity index (χ4v) is 3.46. The highest BCUT2D eigenvalue weighted by molar-refractivity contribution is 5.83. The highest BCUT2D eigenvalue weighted by Crippen LogP contribution is 2.31. The zero-order chi connectivity index (χ0) is 19.6. The summed E-state index contributed by atoms with van der Waals surface area (Å²) in [5, 5.41) is 3.39. The number of methoxy groups -OCH3 is 1. The van der Waals surface area contributed by atoms with Crippen molar-refractivity contribution in [1.82, 2.24) is 0 Å². The second-order valence-corrected chi connectivity index (χ2v) is 6.86. The van der Waals surface area contributed by atoms with Gasteiger partial charge in [-0.3, -0.25) is 0 Å². The lowest BCUT2D eigenvalue weighted by Gasteiger charge is -2.17. The molecule has 1 N–H and O–H groups in total. The molecule has 3 rings (SSSR count). The lowest BCUT2D eigenvalue weighted by molar-refractivity contribution is 0.211. The number of benzene rings is 3. The van der Waals surface area contributed by atoms with E-state index in [0.717, 1.165) is 25.1 Å². The van der Waals surface area contributed by atoms with E-state index in [1.807, 2.05) is 0 Å². The fourth-order valence-electron chi connectivity index (χ4n) is 3.46. The molecule has 2 heteroatoms. The molecule has 0 heterocycles. The zero-order valence-corrected chi connectivity index (χ0v) is 16.8. The minimum absolute atomic E-state index is 0.702. The van der Waals surface area contributed by atoms with Crippen LogP contribution in [0.3, 0.4) is 0 Å². The van der Waals surface area contributed by atoms with Crippen LogP contribution >= 0.6 is 0 Å². The van der Waals surface area contributed by atoms with Crippen molar-refractivity contribution in [2.24, 2.45) is 0 Å². The van der Waals surface area contributed by atoms with E-state index in [-0.39, 0.29) is 0 Å². The second-order valence-electron chi connectivity index (χ2n) is 6.86. The topological polar surface area (TPSA) is 21.3 Å². The summed E-state index contributed by atoms with van der Waals surface area (Å²) in [6, 6.07) is 30.2.